The van der Waals surface area contributed by atoms with Gasteiger partial charge in [0.2, 0.25) is 0 Å². The first-order valence-electron chi connectivity index (χ1n) is 10.1. The summed E-state index contributed by atoms with van der Waals surface area (Å²) in [7, 11) is 0. The van der Waals surface area contributed by atoms with Crippen molar-refractivity contribution in [3.8, 4) is 0 Å². The zero-order valence-corrected chi connectivity index (χ0v) is 17.4. The van der Waals surface area contributed by atoms with Crippen molar-refractivity contribution >= 4 is 17.5 Å². The maximum atomic E-state index is 12.2. The molecular formula is C22H30N4O3. The quantitative estimate of drug-likeness (QED) is 0.746. The first-order chi connectivity index (χ1) is 14.0. The van der Waals surface area contributed by atoms with E-state index in [0.29, 0.717) is 13.2 Å². The Balaban J connectivity index is 1.47. The number of amides is 2. The number of carbonyl (C=O) groups excluding carboxylic acids is 1. The summed E-state index contributed by atoms with van der Waals surface area (Å²) in [6.45, 7) is 9.40. The molecule has 2 amide bonds. The second-order valence-corrected chi connectivity index (χ2v) is 7.52. The molecule has 2 aromatic rings. The molecule has 156 valence electrons. The van der Waals surface area contributed by atoms with Crippen LogP contribution in [0.3, 0.4) is 0 Å². The molecule has 0 radical (unpaired) electrons. The lowest BCUT2D eigenvalue weighted by atomic mass is 10.2. The Morgan fingerprint density at radius 1 is 1.31 bits per heavy atom. The van der Waals surface area contributed by atoms with Gasteiger partial charge in [-0.25, -0.2) is 9.78 Å². The highest BCUT2D eigenvalue weighted by atomic mass is 16.5. The van der Waals surface area contributed by atoms with Crippen molar-refractivity contribution in [2.75, 3.05) is 29.9 Å². The van der Waals surface area contributed by atoms with Gasteiger partial charge in [0.05, 0.1) is 25.4 Å². The van der Waals surface area contributed by atoms with Gasteiger partial charge >= 0.3 is 6.03 Å². The second-order valence-electron chi connectivity index (χ2n) is 7.52. The Kier molecular flexibility index (Phi) is 7.43. The Morgan fingerprint density at radius 2 is 2.17 bits per heavy atom. The lowest BCUT2D eigenvalue weighted by Gasteiger charge is -2.32. The minimum absolute atomic E-state index is 0.168. The van der Waals surface area contributed by atoms with Crippen LogP contribution in [-0.2, 0) is 22.6 Å². The van der Waals surface area contributed by atoms with Crippen molar-refractivity contribution in [3.05, 3.63) is 53.7 Å². The van der Waals surface area contributed by atoms with E-state index in [1.807, 2.05) is 50.2 Å². The lowest BCUT2D eigenvalue weighted by molar-refractivity contribution is 0.0529. The molecule has 1 unspecified atom stereocenters. The molecule has 1 aromatic carbocycles. The van der Waals surface area contributed by atoms with Gasteiger partial charge in [-0.05, 0) is 50.1 Å². The molecule has 2 N–H and O–H groups in total. The number of carbonyl (C=O) groups is 1. The van der Waals surface area contributed by atoms with Crippen LogP contribution < -0.4 is 15.5 Å². The van der Waals surface area contributed by atoms with Crippen LogP contribution in [-0.4, -0.2) is 42.9 Å². The summed E-state index contributed by atoms with van der Waals surface area (Å²) in [6.07, 6.45) is 2.19. The number of urea groups is 1. The smallest absolute Gasteiger partial charge is 0.319 e. The summed E-state index contributed by atoms with van der Waals surface area (Å²) in [6, 6.07) is 11.4. The molecule has 1 atom stereocenters. The molecule has 7 heteroatoms. The molecule has 1 aromatic heterocycles. The number of nitrogens with one attached hydrogen (secondary N) is 2. The molecular weight excluding hydrogens is 368 g/mol. The minimum Gasteiger partial charge on any atom is -0.375 e. The molecule has 1 aliphatic heterocycles. The maximum Gasteiger partial charge on any atom is 0.319 e. The van der Waals surface area contributed by atoms with E-state index < -0.39 is 0 Å². The summed E-state index contributed by atoms with van der Waals surface area (Å²) < 4.78 is 11.2. The summed E-state index contributed by atoms with van der Waals surface area (Å²) in [5.74, 6) is 0.939. The molecule has 0 spiro atoms. The number of ether oxygens (including phenoxy) is 2. The van der Waals surface area contributed by atoms with Crippen LogP contribution >= 0.6 is 0 Å². The summed E-state index contributed by atoms with van der Waals surface area (Å²) >= 11 is 0. The van der Waals surface area contributed by atoms with Crippen LogP contribution in [0.2, 0.25) is 0 Å². The zero-order valence-electron chi connectivity index (χ0n) is 17.4. The first-order valence-corrected chi connectivity index (χ1v) is 10.1. The van der Waals surface area contributed by atoms with Gasteiger partial charge in [0.1, 0.15) is 5.82 Å². The van der Waals surface area contributed by atoms with Crippen molar-refractivity contribution in [2.45, 2.75) is 46.1 Å². The maximum absolute atomic E-state index is 12.2. The van der Waals surface area contributed by atoms with Crippen LogP contribution in [0, 0.1) is 0 Å². The normalized spacial score (nSPS) is 16.7. The number of benzene rings is 1. The molecule has 1 aliphatic rings. The summed E-state index contributed by atoms with van der Waals surface area (Å²) in [4.78, 5) is 19.0. The predicted octanol–water partition coefficient (Wildman–Crippen LogP) is 3.55. The van der Waals surface area contributed by atoms with Crippen LogP contribution in [0.15, 0.2) is 42.6 Å². The summed E-state index contributed by atoms with van der Waals surface area (Å²) in [5.41, 5.74) is 2.71. The number of nitrogens with zero attached hydrogens (tertiary/aromatic N) is 2. The molecule has 29 heavy (non-hydrogen) atoms. The average Bonchev–Trinajstić information content (AvgIpc) is 2.71. The van der Waals surface area contributed by atoms with Crippen LogP contribution in [0.5, 0.6) is 0 Å². The topological polar surface area (TPSA) is 75.7 Å². The van der Waals surface area contributed by atoms with Gasteiger partial charge < -0.3 is 25.0 Å². The minimum atomic E-state index is -0.252. The molecule has 3 rings (SSSR count). The van der Waals surface area contributed by atoms with Crippen molar-refractivity contribution in [2.24, 2.45) is 0 Å². The van der Waals surface area contributed by atoms with E-state index in [-0.39, 0.29) is 18.2 Å². The average molecular weight is 399 g/mol. The first kappa shape index (κ1) is 21.1. The highest BCUT2D eigenvalue weighted by Crippen LogP contribution is 2.16. The number of anilines is 2. The highest BCUT2D eigenvalue weighted by Gasteiger charge is 2.17. The van der Waals surface area contributed by atoms with Gasteiger partial charge in [0.25, 0.3) is 0 Å². The fraction of sp³-hybridized carbons (Fsp3) is 0.455. The highest BCUT2D eigenvalue weighted by molar-refractivity contribution is 5.89. The Hall–Kier alpha value is -2.64. The molecule has 1 saturated heterocycles. The van der Waals surface area contributed by atoms with E-state index in [4.69, 9.17) is 9.47 Å². The Labute approximate surface area is 172 Å². The van der Waals surface area contributed by atoms with Gasteiger partial charge in [0, 0.05) is 31.5 Å². The van der Waals surface area contributed by atoms with Crippen LogP contribution in [0.1, 0.15) is 31.9 Å². The molecule has 1 fully saturated rings. The zero-order chi connectivity index (χ0) is 20.6. The number of aromatic nitrogens is 1. The standard InChI is InChI=1S/C22H30N4O3/c1-16(2)29-15-18-5-4-6-20(11-18)25-22(27)24-13-19-7-8-21(23-12-19)26-9-10-28-17(3)14-26/h4-8,11-12,16-17H,9-10,13-15H2,1-3H3,(H2,24,25,27). The van der Waals surface area contributed by atoms with E-state index in [0.717, 1.165) is 42.3 Å². The number of hydrogen-bond acceptors (Lipinski definition) is 5. The predicted molar refractivity (Wildman–Crippen MR) is 114 cm³/mol. The Morgan fingerprint density at radius 3 is 2.90 bits per heavy atom. The molecule has 0 saturated carbocycles. The molecule has 0 bridgehead atoms. The Bertz CT molecular complexity index is 795. The van der Waals surface area contributed by atoms with Crippen molar-refractivity contribution < 1.29 is 14.3 Å². The molecule has 0 aliphatic carbocycles. The molecule has 7 nitrogen and oxygen atoms in total. The lowest BCUT2D eigenvalue weighted by Crippen LogP contribution is -2.41. The number of rotatable bonds is 7. The van der Waals surface area contributed by atoms with E-state index >= 15 is 0 Å². The SMILES string of the molecule is CC(C)OCc1cccc(NC(=O)NCc2ccc(N3CCOC(C)C3)nc2)c1. The van der Waals surface area contributed by atoms with Crippen LogP contribution in [0.4, 0.5) is 16.3 Å². The summed E-state index contributed by atoms with van der Waals surface area (Å²) in [5, 5.41) is 5.73. The van der Waals surface area contributed by atoms with Gasteiger partial charge in [0.15, 0.2) is 0 Å². The number of pyridine rings is 1. The monoisotopic (exact) mass is 398 g/mol. The van der Waals surface area contributed by atoms with E-state index in [1.165, 1.54) is 0 Å². The number of hydrogen-bond donors (Lipinski definition) is 2. The molecule has 2 heterocycles. The van der Waals surface area contributed by atoms with E-state index in [2.05, 4.69) is 27.4 Å². The van der Waals surface area contributed by atoms with Gasteiger partial charge in [-0.1, -0.05) is 18.2 Å². The van der Waals surface area contributed by atoms with Gasteiger partial charge in [-0.2, -0.15) is 0 Å². The van der Waals surface area contributed by atoms with Crippen molar-refractivity contribution in [1.82, 2.24) is 10.3 Å². The third-order valence-corrected chi connectivity index (χ3v) is 4.60. The fourth-order valence-corrected chi connectivity index (χ4v) is 3.09. The largest absolute Gasteiger partial charge is 0.375 e. The fourth-order valence-electron chi connectivity index (χ4n) is 3.09. The van der Waals surface area contributed by atoms with Crippen molar-refractivity contribution in [1.29, 1.82) is 0 Å². The van der Waals surface area contributed by atoms with Gasteiger partial charge in [-0.3, -0.25) is 0 Å². The van der Waals surface area contributed by atoms with Gasteiger partial charge in [-0.15, -0.1) is 0 Å². The number of morpholine rings is 1. The van der Waals surface area contributed by atoms with Crippen molar-refractivity contribution in [3.63, 3.8) is 0 Å². The third kappa shape index (κ3) is 6.73. The third-order valence-electron chi connectivity index (χ3n) is 4.60. The van der Waals surface area contributed by atoms with E-state index in [1.54, 1.807) is 6.20 Å². The van der Waals surface area contributed by atoms with Crippen LogP contribution in [0.25, 0.3) is 0 Å². The van der Waals surface area contributed by atoms with E-state index in [9.17, 15) is 4.79 Å². The second kappa shape index (κ2) is 10.2.